The third-order valence-electron chi connectivity index (χ3n) is 14.5. The van der Waals surface area contributed by atoms with Gasteiger partial charge in [-0.2, -0.15) is 0 Å². The molecule has 13 nitrogen and oxygen atoms in total. The van der Waals surface area contributed by atoms with Gasteiger partial charge in [-0.1, -0.05) is 36.4 Å². The highest BCUT2D eigenvalue weighted by molar-refractivity contribution is 5.84. The van der Waals surface area contributed by atoms with Crippen LogP contribution in [0.2, 0.25) is 0 Å². The second-order valence-electron chi connectivity index (χ2n) is 18.5. The fourth-order valence-electron chi connectivity index (χ4n) is 10.8. The van der Waals surface area contributed by atoms with Crippen molar-refractivity contribution >= 4 is 50.7 Å². The molecule has 6 aromatic rings. The van der Waals surface area contributed by atoms with E-state index in [0.29, 0.717) is 43.9 Å². The van der Waals surface area contributed by atoms with Gasteiger partial charge in [0.1, 0.15) is 22.7 Å². The first-order valence-corrected chi connectivity index (χ1v) is 23.3. The Morgan fingerprint density at radius 3 is 1.59 bits per heavy atom. The molecular formula is C51H61N5O8. The van der Waals surface area contributed by atoms with Gasteiger partial charge in [-0.3, -0.25) is 14.4 Å². The van der Waals surface area contributed by atoms with Crippen molar-refractivity contribution in [3.05, 3.63) is 107 Å². The molecule has 9 rings (SSSR count). The standard InChI is InChI=1S/C51H61N5O8/c57-49(58)43(36-9-15-52-29-36)23-32-7-8-35-14-20-56(46(35)24-32)22-21-55(18-12-33-3-1-5-47-41(33)25-39(63-47)27-44(50(59)60)37-10-16-53-30-37)19-13-34-4-2-6-48-42(34)26-40(64-48)28-45(51(61)62)38-11-17-54-31-38/h1-8,14,20,24-26,36-38,43-45,52-54H,9-13,15-19,21-23,27-31H2,(H,57,58)(H,59,60)(H,61,62)/t36-,37-,38-,43-,44-,45-/m0/s1. The number of rotatable bonds is 21. The summed E-state index contributed by atoms with van der Waals surface area (Å²) in [4.78, 5) is 39.5. The molecule has 0 saturated carbocycles. The van der Waals surface area contributed by atoms with Gasteiger partial charge in [0, 0.05) is 61.5 Å². The SMILES string of the molecule is O=C(O)[C@@H](Cc1ccc2ccn(CCN(CCc3cccc4oc(C[C@H](C(=O)O)[C@H]5CCNC5)cc34)CCc3cccc4oc(C[C@H](C(=O)O)[C@H]5CCNC5)cc34)c2c1)[C@H]1CCNC1. The summed E-state index contributed by atoms with van der Waals surface area (Å²) in [5.74, 6) is -2.04. The molecule has 13 heteroatoms. The van der Waals surface area contributed by atoms with Crippen molar-refractivity contribution in [2.45, 2.75) is 57.9 Å². The van der Waals surface area contributed by atoms with Crippen LogP contribution in [0.15, 0.2) is 87.8 Å². The molecular weight excluding hydrogens is 811 g/mol. The topological polar surface area (TPSA) is 182 Å². The largest absolute Gasteiger partial charge is 0.481 e. The molecule has 3 aliphatic rings. The lowest BCUT2D eigenvalue weighted by Crippen LogP contribution is -2.31. The van der Waals surface area contributed by atoms with E-state index >= 15 is 0 Å². The molecule has 0 aliphatic carbocycles. The third kappa shape index (κ3) is 9.92. The Morgan fingerprint density at radius 2 is 1.12 bits per heavy atom. The number of nitrogens with zero attached hydrogens (tertiary/aromatic N) is 2. The monoisotopic (exact) mass is 871 g/mol. The van der Waals surface area contributed by atoms with Crippen LogP contribution in [0, 0.1) is 35.5 Å². The Labute approximate surface area is 373 Å². The maximum absolute atomic E-state index is 12.4. The van der Waals surface area contributed by atoms with Gasteiger partial charge in [0.25, 0.3) is 0 Å². The van der Waals surface area contributed by atoms with Crippen LogP contribution in [0.1, 0.15) is 47.5 Å². The molecule has 338 valence electrons. The van der Waals surface area contributed by atoms with Crippen LogP contribution in [0.3, 0.4) is 0 Å². The predicted molar refractivity (Wildman–Crippen MR) is 246 cm³/mol. The zero-order valence-corrected chi connectivity index (χ0v) is 36.5. The predicted octanol–water partition coefficient (Wildman–Crippen LogP) is 6.48. The number of carboxylic acid groups (broad SMARTS) is 3. The van der Waals surface area contributed by atoms with Crippen molar-refractivity contribution in [3.63, 3.8) is 0 Å². The Morgan fingerprint density at radius 1 is 0.625 bits per heavy atom. The summed E-state index contributed by atoms with van der Waals surface area (Å²) >= 11 is 0. The summed E-state index contributed by atoms with van der Waals surface area (Å²) in [6.07, 6.45) is 7.46. The lowest BCUT2D eigenvalue weighted by Gasteiger charge is -2.23. The molecule has 3 fully saturated rings. The van der Waals surface area contributed by atoms with Gasteiger partial charge in [0.15, 0.2) is 0 Å². The van der Waals surface area contributed by atoms with Crippen LogP contribution in [-0.2, 0) is 53.0 Å². The summed E-state index contributed by atoms with van der Waals surface area (Å²) < 4.78 is 14.9. The Kier molecular flexibility index (Phi) is 13.5. The van der Waals surface area contributed by atoms with Crippen molar-refractivity contribution < 1.29 is 38.5 Å². The molecule has 0 amide bonds. The molecule has 64 heavy (non-hydrogen) atoms. The Balaban J connectivity index is 0.943. The normalized spacial score (nSPS) is 20.5. The van der Waals surface area contributed by atoms with E-state index in [1.165, 1.54) is 0 Å². The van der Waals surface area contributed by atoms with Crippen LogP contribution in [0.5, 0.6) is 0 Å². The van der Waals surface area contributed by atoms with Crippen molar-refractivity contribution in [2.75, 3.05) is 58.9 Å². The van der Waals surface area contributed by atoms with E-state index in [9.17, 15) is 29.7 Å². The van der Waals surface area contributed by atoms with E-state index < -0.39 is 35.7 Å². The summed E-state index contributed by atoms with van der Waals surface area (Å²) in [5.41, 5.74) is 5.98. The fraction of sp³-hybridized carbons (Fsp3) is 0.471. The highest BCUT2D eigenvalue weighted by Crippen LogP contribution is 2.32. The van der Waals surface area contributed by atoms with Crippen molar-refractivity contribution in [1.29, 1.82) is 0 Å². The first-order chi connectivity index (χ1) is 31.2. The fourth-order valence-corrected chi connectivity index (χ4v) is 10.8. The van der Waals surface area contributed by atoms with Crippen LogP contribution in [0.25, 0.3) is 32.8 Å². The van der Waals surface area contributed by atoms with E-state index in [2.05, 4.69) is 68.0 Å². The molecule has 6 atom stereocenters. The van der Waals surface area contributed by atoms with E-state index in [1.54, 1.807) is 0 Å². The highest BCUT2D eigenvalue weighted by atomic mass is 16.4. The number of furan rings is 2. The van der Waals surface area contributed by atoms with E-state index in [0.717, 1.165) is 134 Å². The molecule has 3 aliphatic heterocycles. The minimum Gasteiger partial charge on any atom is -0.481 e. The first-order valence-electron chi connectivity index (χ1n) is 23.3. The quantitative estimate of drug-likeness (QED) is 0.0464. The zero-order chi connectivity index (χ0) is 44.2. The number of carboxylic acids is 3. The Hall–Kier alpha value is -5.47. The summed E-state index contributed by atoms with van der Waals surface area (Å²) in [6.45, 7) is 7.75. The first kappa shape index (κ1) is 43.8. The minimum absolute atomic E-state index is 0.0782. The van der Waals surface area contributed by atoms with Crippen molar-refractivity contribution in [2.24, 2.45) is 35.5 Å². The number of nitrogens with one attached hydrogen (secondary N) is 3. The van der Waals surface area contributed by atoms with Gasteiger partial charge in [-0.15, -0.1) is 0 Å². The molecule has 3 saturated heterocycles. The molecule has 0 unspecified atom stereocenters. The van der Waals surface area contributed by atoms with Gasteiger partial charge in [0.2, 0.25) is 0 Å². The number of hydrogen-bond acceptors (Lipinski definition) is 9. The van der Waals surface area contributed by atoms with Crippen LogP contribution in [0.4, 0.5) is 0 Å². The molecule has 0 spiro atoms. The van der Waals surface area contributed by atoms with Gasteiger partial charge in [-0.25, -0.2) is 0 Å². The van der Waals surface area contributed by atoms with Crippen LogP contribution < -0.4 is 16.0 Å². The molecule has 3 aromatic heterocycles. The number of fused-ring (bicyclic) bond motifs is 3. The second-order valence-corrected chi connectivity index (χ2v) is 18.5. The average Bonchev–Trinajstić information content (AvgIpc) is 4.15. The lowest BCUT2D eigenvalue weighted by atomic mass is 9.86. The number of benzene rings is 3. The summed E-state index contributed by atoms with van der Waals surface area (Å²) in [6, 6.07) is 24.8. The smallest absolute Gasteiger partial charge is 0.307 e. The van der Waals surface area contributed by atoms with Crippen LogP contribution >= 0.6 is 0 Å². The molecule has 0 radical (unpaired) electrons. The number of aromatic nitrogens is 1. The summed E-state index contributed by atoms with van der Waals surface area (Å²) in [5, 5.41) is 43.5. The van der Waals surface area contributed by atoms with Gasteiger partial charge in [0.05, 0.1) is 17.8 Å². The minimum atomic E-state index is -0.781. The van der Waals surface area contributed by atoms with Gasteiger partial charge >= 0.3 is 17.9 Å². The van der Waals surface area contributed by atoms with Crippen molar-refractivity contribution in [1.82, 2.24) is 25.4 Å². The second kappa shape index (κ2) is 19.7. The summed E-state index contributed by atoms with van der Waals surface area (Å²) in [7, 11) is 0. The number of hydrogen-bond donors (Lipinski definition) is 6. The van der Waals surface area contributed by atoms with Gasteiger partial charge in [-0.05, 0) is 154 Å². The van der Waals surface area contributed by atoms with E-state index in [-0.39, 0.29) is 17.8 Å². The highest BCUT2D eigenvalue weighted by Gasteiger charge is 2.34. The lowest BCUT2D eigenvalue weighted by molar-refractivity contribution is -0.144. The number of carbonyl (C=O) groups is 3. The van der Waals surface area contributed by atoms with Gasteiger partial charge < -0.3 is 49.6 Å². The van der Waals surface area contributed by atoms with E-state index in [1.807, 2.05) is 36.4 Å². The maximum Gasteiger partial charge on any atom is 0.307 e. The number of aliphatic carboxylic acids is 3. The third-order valence-corrected chi connectivity index (χ3v) is 14.5. The molecule has 6 heterocycles. The van der Waals surface area contributed by atoms with Crippen LogP contribution in [-0.4, -0.2) is 102 Å². The molecule has 6 N–H and O–H groups in total. The maximum atomic E-state index is 12.4. The Bertz CT molecular complexity index is 2460. The zero-order valence-electron chi connectivity index (χ0n) is 36.5. The average molecular weight is 872 g/mol. The van der Waals surface area contributed by atoms with Crippen molar-refractivity contribution in [3.8, 4) is 0 Å². The molecule has 3 aromatic carbocycles. The molecule has 0 bridgehead atoms. The van der Waals surface area contributed by atoms with E-state index in [4.69, 9.17) is 8.83 Å².